The number of pyridine rings is 3. The second-order valence-corrected chi connectivity index (χ2v) is 15.2. The van der Waals surface area contributed by atoms with Gasteiger partial charge in [-0.25, -0.2) is 9.97 Å². The van der Waals surface area contributed by atoms with E-state index in [9.17, 15) is 9.18 Å². The molecule has 232 valence electrons. The number of hydrogen-bond donors (Lipinski definition) is 2. The SMILES string of the molecule is CN1CC(CCC(Nc2cccc(SNC(=O)c3ccc(C(C)(C)C)nc3F)n2)c2cccc(C(C)(C)C)n2)CC1(C)C. The van der Waals surface area contributed by atoms with Crippen LogP contribution < -0.4 is 10.0 Å². The first-order valence-corrected chi connectivity index (χ1v) is 15.9. The third-order valence-corrected chi connectivity index (χ3v) is 8.99. The molecule has 1 aliphatic heterocycles. The number of hydrogen-bond acceptors (Lipinski definition) is 7. The fourth-order valence-corrected chi connectivity index (χ4v) is 6.02. The Hall–Kier alpha value is -3.04. The van der Waals surface area contributed by atoms with E-state index in [2.05, 4.69) is 79.8 Å². The Morgan fingerprint density at radius 3 is 2.30 bits per heavy atom. The molecule has 3 aromatic heterocycles. The fourth-order valence-electron chi connectivity index (χ4n) is 5.42. The van der Waals surface area contributed by atoms with Crippen molar-refractivity contribution < 1.29 is 9.18 Å². The first-order valence-electron chi connectivity index (χ1n) is 15.1. The van der Waals surface area contributed by atoms with Crippen molar-refractivity contribution >= 4 is 23.7 Å². The lowest BCUT2D eigenvalue weighted by Crippen LogP contribution is -2.34. The molecule has 1 saturated heterocycles. The monoisotopic (exact) mass is 606 g/mol. The molecule has 2 atom stereocenters. The van der Waals surface area contributed by atoms with Crippen molar-refractivity contribution in [2.45, 2.75) is 102 Å². The number of halogens is 1. The fraction of sp³-hybridized carbons (Fsp3) is 0.529. The van der Waals surface area contributed by atoms with E-state index in [1.54, 1.807) is 6.07 Å². The molecule has 0 spiro atoms. The van der Waals surface area contributed by atoms with E-state index in [4.69, 9.17) is 9.97 Å². The number of anilines is 1. The Balaban J connectivity index is 1.48. The highest BCUT2D eigenvalue weighted by Gasteiger charge is 2.36. The maximum atomic E-state index is 14.7. The topological polar surface area (TPSA) is 83.0 Å². The molecule has 0 bridgehead atoms. The van der Waals surface area contributed by atoms with Gasteiger partial charge in [0.15, 0.2) is 0 Å². The highest BCUT2D eigenvalue weighted by Crippen LogP contribution is 2.36. The van der Waals surface area contributed by atoms with Crippen LogP contribution in [-0.2, 0) is 10.8 Å². The summed E-state index contributed by atoms with van der Waals surface area (Å²) in [7, 11) is 2.21. The van der Waals surface area contributed by atoms with Gasteiger partial charge in [0, 0.05) is 46.2 Å². The number of likely N-dealkylation sites (tertiary alicyclic amines) is 1. The van der Waals surface area contributed by atoms with E-state index >= 15 is 0 Å². The molecule has 0 aromatic carbocycles. The average Bonchev–Trinajstić information content (AvgIpc) is 3.19. The Bertz CT molecular complexity index is 1430. The van der Waals surface area contributed by atoms with Crippen LogP contribution in [-0.4, -0.2) is 44.9 Å². The second kappa shape index (κ2) is 12.9. The van der Waals surface area contributed by atoms with E-state index in [-0.39, 0.29) is 28.0 Å². The smallest absolute Gasteiger partial charge is 0.266 e. The van der Waals surface area contributed by atoms with Crippen molar-refractivity contribution in [2.75, 3.05) is 18.9 Å². The molecule has 0 saturated carbocycles. The van der Waals surface area contributed by atoms with Crippen LogP contribution >= 0.6 is 11.9 Å². The van der Waals surface area contributed by atoms with Crippen molar-refractivity contribution in [1.29, 1.82) is 0 Å². The second-order valence-electron chi connectivity index (χ2n) is 14.4. The molecule has 4 heterocycles. The molecule has 1 amide bonds. The molecule has 2 N–H and O–H groups in total. The van der Waals surface area contributed by atoms with Crippen LogP contribution in [0.3, 0.4) is 0 Å². The summed E-state index contributed by atoms with van der Waals surface area (Å²) < 4.78 is 17.4. The summed E-state index contributed by atoms with van der Waals surface area (Å²) in [5.41, 5.74) is 2.38. The summed E-state index contributed by atoms with van der Waals surface area (Å²) in [5, 5.41) is 4.23. The highest BCUT2D eigenvalue weighted by molar-refractivity contribution is 7.97. The molecule has 1 aliphatic rings. The molecular formula is C34H47FN6OS. The zero-order valence-electron chi connectivity index (χ0n) is 27.1. The zero-order valence-corrected chi connectivity index (χ0v) is 27.9. The van der Waals surface area contributed by atoms with Gasteiger partial charge in [-0.15, -0.1) is 0 Å². The van der Waals surface area contributed by atoms with Gasteiger partial charge in [-0.2, -0.15) is 4.39 Å². The first kappa shape index (κ1) is 32.9. The third-order valence-electron chi connectivity index (χ3n) is 8.27. The summed E-state index contributed by atoms with van der Waals surface area (Å²) in [6, 6.07) is 15.0. The first-order chi connectivity index (χ1) is 20.0. The molecule has 7 nitrogen and oxygen atoms in total. The van der Waals surface area contributed by atoms with Gasteiger partial charge in [-0.3, -0.25) is 14.5 Å². The summed E-state index contributed by atoms with van der Waals surface area (Å²) in [6.45, 7) is 18.1. The quantitative estimate of drug-likeness (QED) is 0.191. The van der Waals surface area contributed by atoms with Gasteiger partial charge in [0.2, 0.25) is 5.95 Å². The van der Waals surface area contributed by atoms with E-state index in [1.165, 1.54) is 12.5 Å². The lowest BCUT2D eigenvalue weighted by Gasteiger charge is -2.26. The molecule has 4 rings (SSSR count). The Kier molecular flexibility index (Phi) is 9.86. The maximum Gasteiger partial charge on any atom is 0.266 e. The van der Waals surface area contributed by atoms with Crippen molar-refractivity contribution in [2.24, 2.45) is 5.92 Å². The molecule has 2 unspecified atom stereocenters. The number of aromatic nitrogens is 3. The number of carbonyl (C=O) groups is 1. The van der Waals surface area contributed by atoms with Gasteiger partial charge in [-0.1, -0.05) is 53.7 Å². The standard InChI is InChI=1S/C34H47FN6OS/c1-32(2,3)26-13-10-12-24(36-26)25(18-16-22-20-34(7,8)41(9)21-22)37-28-14-11-15-29(39-28)43-40-31(42)23-17-19-27(33(4,5)6)38-30(23)35/h10-15,17,19,22,25H,16,18,20-21H2,1-9H3,(H,37,39)(H,40,42). The lowest BCUT2D eigenvalue weighted by molar-refractivity contribution is 0.0979. The van der Waals surface area contributed by atoms with Gasteiger partial charge < -0.3 is 10.2 Å². The number of rotatable bonds is 9. The summed E-state index contributed by atoms with van der Waals surface area (Å²) >= 11 is 1.05. The van der Waals surface area contributed by atoms with E-state index < -0.39 is 11.9 Å². The third kappa shape index (κ3) is 8.54. The van der Waals surface area contributed by atoms with E-state index in [0.717, 1.165) is 42.7 Å². The van der Waals surface area contributed by atoms with Gasteiger partial charge in [-0.05, 0) is 82.5 Å². The largest absolute Gasteiger partial charge is 0.362 e. The molecule has 1 fully saturated rings. The predicted molar refractivity (Wildman–Crippen MR) is 174 cm³/mol. The van der Waals surface area contributed by atoms with Crippen LogP contribution in [0.25, 0.3) is 0 Å². The van der Waals surface area contributed by atoms with Gasteiger partial charge in [0.25, 0.3) is 5.91 Å². The van der Waals surface area contributed by atoms with Crippen LogP contribution in [0.4, 0.5) is 10.2 Å². The minimum atomic E-state index is -0.779. The van der Waals surface area contributed by atoms with Crippen molar-refractivity contribution in [3.63, 3.8) is 0 Å². The minimum absolute atomic E-state index is 0.0276. The number of carbonyl (C=O) groups excluding carboxylic acids is 1. The summed E-state index contributed by atoms with van der Waals surface area (Å²) in [5.74, 6) is -0.0225. The average molecular weight is 607 g/mol. The van der Waals surface area contributed by atoms with Crippen LogP contribution in [0.5, 0.6) is 0 Å². The molecule has 43 heavy (non-hydrogen) atoms. The normalized spacial score (nSPS) is 18.0. The van der Waals surface area contributed by atoms with Crippen LogP contribution in [0, 0.1) is 11.9 Å². The van der Waals surface area contributed by atoms with E-state index in [1.807, 2.05) is 39.0 Å². The van der Waals surface area contributed by atoms with Crippen LogP contribution in [0.1, 0.15) is 108 Å². The molecular weight excluding hydrogens is 559 g/mol. The Morgan fingerprint density at radius 2 is 1.67 bits per heavy atom. The van der Waals surface area contributed by atoms with Crippen LogP contribution in [0.2, 0.25) is 0 Å². The van der Waals surface area contributed by atoms with Gasteiger partial charge in [0.1, 0.15) is 10.8 Å². The number of amides is 1. The summed E-state index contributed by atoms with van der Waals surface area (Å²) in [4.78, 5) is 29.1. The predicted octanol–water partition coefficient (Wildman–Crippen LogP) is 7.71. The Labute approximate surface area is 261 Å². The van der Waals surface area contributed by atoms with Crippen molar-refractivity contribution in [1.82, 2.24) is 24.6 Å². The minimum Gasteiger partial charge on any atom is -0.362 e. The molecule has 0 radical (unpaired) electrons. The lowest BCUT2D eigenvalue weighted by atomic mass is 9.90. The number of nitrogens with one attached hydrogen (secondary N) is 2. The van der Waals surface area contributed by atoms with Crippen LogP contribution in [0.15, 0.2) is 53.6 Å². The summed E-state index contributed by atoms with van der Waals surface area (Å²) in [6.07, 6.45) is 3.16. The van der Waals surface area contributed by atoms with Gasteiger partial charge in [0.05, 0.1) is 17.3 Å². The number of nitrogens with zero attached hydrogens (tertiary/aromatic N) is 4. The van der Waals surface area contributed by atoms with Crippen molar-refractivity contribution in [3.8, 4) is 0 Å². The Morgan fingerprint density at radius 1 is 1.00 bits per heavy atom. The molecule has 3 aromatic rings. The molecule has 9 heteroatoms. The van der Waals surface area contributed by atoms with Gasteiger partial charge >= 0.3 is 0 Å². The zero-order chi connectivity index (χ0) is 31.6. The molecule has 0 aliphatic carbocycles. The van der Waals surface area contributed by atoms with E-state index in [0.29, 0.717) is 22.5 Å². The van der Waals surface area contributed by atoms with Crippen molar-refractivity contribution in [3.05, 3.63) is 77.1 Å². The maximum absolute atomic E-state index is 14.7. The highest BCUT2D eigenvalue weighted by atomic mass is 32.2.